The number of esters is 3. The quantitative estimate of drug-likeness (QED) is 0.0261. The third-order valence-electron chi connectivity index (χ3n) is 12.9. The lowest BCUT2D eigenvalue weighted by atomic mass is 10.1. The van der Waals surface area contributed by atoms with Gasteiger partial charge < -0.3 is 14.2 Å². The summed E-state index contributed by atoms with van der Waals surface area (Å²) in [6.07, 6.45) is 86.2. The Balaban J connectivity index is 4.47. The molecule has 0 aliphatic carbocycles. The maximum atomic E-state index is 12.9. The average molecular weight is 1040 g/mol. The van der Waals surface area contributed by atoms with Gasteiger partial charge >= 0.3 is 17.9 Å². The van der Waals surface area contributed by atoms with Crippen molar-refractivity contribution in [2.45, 2.75) is 284 Å². The van der Waals surface area contributed by atoms with Crippen LogP contribution in [0.25, 0.3) is 0 Å². The number of carbonyl (C=O) groups is 3. The largest absolute Gasteiger partial charge is 0.462 e. The van der Waals surface area contributed by atoms with E-state index in [1.54, 1.807) is 0 Å². The molecule has 0 radical (unpaired) electrons. The van der Waals surface area contributed by atoms with E-state index in [1.807, 2.05) is 0 Å². The van der Waals surface area contributed by atoms with Crippen LogP contribution in [0.4, 0.5) is 0 Å². The van der Waals surface area contributed by atoms with Gasteiger partial charge in [0.15, 0.2) is 6.10 Å². The molecule has 0 saturated heterocycles. The van der Waals surface area contributed by atoms with Gasteiger partial charge in [-0.25, -0.2) is 0 Å². The molecule has 6 nitrogen and oxygen atoms in total. The third-order valence-corrected chi connectivity index (χ3v) is 12.9. The van der Waals surface area contributed by atoms with Crippen molar-refractivity contribution >= 4 is 17.9 Å². The van der Waals surface area contributed by atoms with Crippen LogP contribution in [0.15, 0.2) is 122 Å². The van der Waals surface area contributed by atoms with E-state index in [1.165, 1.54) is 109 Å². The molecule has 0 amide bonds. The van der Waals surface area contributed by atoms with Gasteiger partial charge in [-0.2, -0.15) is 0 Å². The Kier molecular flexibility index (Phi) is 58.9. The van der Waals surface area contributed by atoms with E-state index in [4.69, 9.17) is 14.2 Å². The number of hydrogen-bond acceptors (Lipinski definition) is 6. The van der Waals surface area contributed by atoms with E-state index in [9.17, 15) is 14.4 Å². The zero-order valence-corrected chi connectivity index (χ0v) is 48.8. The molecule has 0 heterocycles. The zero-order chi connectivity index (χ0) is 54.3. The van der Waals surface area contributed by atoms with Gasteiger partial charge in [0.05, 0.1) is 0 Å². The van der Waals surface area contributed by atoms with Crippen LogP contribution in [0.5, 0.6) is 0 Å². The minimum absolute atomic E-state index is 0.0984. The molecule has 1 atom stereocenters. The standard InChI is InChI=1S/C69H114O6/c1-4-7-10-13-16-19-22-25-28-31-33-34-36-38-41-44-47-50-53-56-59-62-68(71)74-65-66(64-73-67(70)61-58-55-52-49-46-43-40-37-30-27-24-21-18-15-12-9-6-3)75-69(72)63-60-57-54-51-48-45-42-39-35-32-29-26-23-20-17-14-11-8-5-2/h7-8,10-11,16-17,19-20,25-30,33-35,39,45,48,66H,4-6,9,12-15,18,21-24,31-32,36-38,40-44,46-47,49-65H2,1-3H3/b10-7-,11-8-,19-16-,20-17-,28-25-,29-26-,30-27-,34-33-,39-35-,48-45-. The lowest BCUT2D eigenvalue weighted by Crippen LogP contribution is -2.30. The molecule has 0 aromatic carbocycles. The molecule has 0 fully saturated rings. The molecule has 0 saturated carbocycles. The predicted octanol–water partition coefficient (Wildman–Crippen LogP) is 21.2. The molecule has 6 heteroatoms. The van der Waals surface area contributed by atoms with Crippen LogP contribution >= 0.6 is 0 Å². The first-order chi connectivity index (χ1) is 37.0. The summed E-state index contributed by atoms with van der Waals surface area (Å²) < 4.78 is 16.9. The third kappa shape index (κ3) is 60.6. The Labute approximate surface area is 462 Å². The molecule has 0 aliphatic heterocycles. The van der Waals surface area contributed by atoms with E-state index >= 15 is 0 Å². The molecular weight excluding hydrogens is 925 g/mol. The number of hydrogen-bond donors (Lipinski definition) is 0. The normalized spacial score (nSPS) is 12.9. The highest BCUT2D eigenvalue weighted by Gasteiger charge is 2.19. The second-order valence-corrected chi connectivity index (χ2v) is 20.2. The van der Waals surface area contributed by atoms with Crippen LogP contribution in [0.1, 0.15) is 278 Å². The fourth-order valence-corrected chi connectivity index (χ4v) is 8.34. The predicted molar refractivity (Wildman–Crippen MR) is 325 cm³/mol. The van der Waals surface area contributed by atoms with E-state index in [-0.39, 0.29) is 37.5 Å². The van der Waals surface area contributed by atoms with Gasteiger partial charge in [0.25, 0.3) is 0 Å². The Hall–Kier alpha value is -4.19. The van der Waals surface area contributed by atoms with E-state index in [0.717, 1.165) is 128 Å². The molecule has 75 heavy (non-hydrogen) atoms. The van der Waals surface area contributed by atoms with Crippen molar-refractivity contribution in [3.05, 3.63) is 122 Å². The summed E-state index contributed by atoms with van der Waals surface area (Å²) in [5, 5.41) is 0. The molecular formula is C69H114O6. The van der Waals surface area contributed by atoms with E-state index < -0.39 is 6.10 Å². The number of unbranched alkanes of at least 4 members (excludes halogenated alkanes) is 24. The molecule has 1 unspecified atom stereocenters. The van der Waals surface area contributed by atoms with Crippen LogP contribution in [0, 0.1) is 0 Å². The number of allylic oxidation sites excluding steroid dienone is 20. The fourth-order valence-electron chi connectivity index (χ4n) is 8.34. The van der Waals surface area contributed by atoms with Crippen molar-refractivity contribution in [3.63, 3.8) is 0 Å². The Morgan fingerprint density at radius 3 is 0.840 bits per heavy atom. The summed E-state index contributed by atoms with van der Waals surface area (Å²) in [5.41, 5.74) is 0. The van der Waals surface area contributed by atoms with Crippen molar-refractivity contribution < 1.29 is 28.6 Å². The lowest BCUT2D eigenvalue weighted by molar-refractivity contribution is -0.167. The summed E-state index contributed by atoms with van der Waals surface area (Å²) in [6.45, 7) is 6.38. The Morgan fingerprint density at radius 2 is 0.520 bits per heavy atom. The van der Waals surface area contributed by atoms with Crippen molar-refractivity contribution in [2.75, 3.05) is 13.2 Å². The van der Waals surface area contributed by atoms with Crippen LogP contribution in [-0.4, -0.2) is 37.2 Å². The van der Waals surface area contributed by atoms with Gasteiger partial charge in [-0.05, 0) is 128 Å². The summed E-state index contributed by atoms with van der Waals surface area (Å²) in [7, 11) is 0. The number of carbonyl (C=O) groups excluding carboxylic acids is 3. The van der Waals surface area contributed by atoms with Crippen molar-refractivity contribution in [1.82, 2.24) is 0 Å². The Bertz CT molecular complexity index is 1570. The molecule has 0 aromatic rings. The second kappa shape index (κ2) is 62.4. The average Bonchev–Trinajstić information content (AvgIpc) is 3.41. The highest BCUT2D eigenvalue weighted by Crippen LogP contribution is 2.15. The summed E-state index contributed by atoms with van der Waals surface area (Å²) in [6, 6.07) is 0. The van der Waals surface area contributed by atoms with Crippen LogP contribution in [0.3, 0.4) is 0 Å². The molecule has 426 valence electrons. The van der Waals surface area contributed by atoms with Gasteiger partial charge in [-0.15, -0.1) is 0 Å². The first-order valence-corrected chi connectivity index (χ1v) is 31.0. The van der Waals surface area contributed by atoms with Gasteiger partial charge in [-0.1, -0.05) is 251 Å². The zero-order valence-electron chi connectivity index (χ0n) is 48.8. The molecule has 0 rings (SSSR count). The molecule has 0 bridgehead atoms. The Morgan fingerprint density at radius 1 is 0.280 bits per heavy atom. The lowest BCUT2D eigenvalue weighted by Gasteiger charge is -2.18. The maximum Gasteiger partial charge on any atom is 0.306 e. The number of ether oxygens (including phenoxy) is 3. The highest BCUT2D eigenvalue weighted by molar-refractivity contribution is 5.71. The van der Waals surface area contributed by atoms with Crippen LogP contribution in [-0.2, 0) is 28.6 Å². The minimum atomic E-state index is -0.806. The summed E-state index contributed by atoms with van der Waals surface area (Å²) in [4.78, 5) is 38.3. The first-order valence-electron chi connectivity index (χ1n) is 31.0. The number of rotatable bonds is 55. The minimum Gasteiger partial charge on any atom is -0.462 e. The molecule has 0 spiro atoms. The molecule has 0 aromatic heterocycles. The van der Waals surface area contributed by atoms with Gasteiger partial charge in [0, 0.05) is 19.3 Å². The van der Waals surface area contributed by atoms with Crippen molar-refractivity contribution in [1.29, 1.82) is 0 Å². The van der Waals surface area contributed by atoms with Gasteiger partial charge in [0.1, 0.15) is 13.2 Å². The van der Waals surface area contributed by atoms with Gasteiger partial charge in [0.2, 0.25) is 0 Å². The van der Waals surface area contributed by atoms with Gasteiger partial charge in [-0.3, -0.25) is 14.4 Å². The summed E-state index contributed by atoms with van der Waals surface area (Å²) in [5.74, 6) is -0.940. The fraction of sp³-hybridized carbons (Fsp3) is 0.667. The maximum absolute atomic E-state index is 12.9. The molecule has 0 aliphatic rings. The monoisotopic (exact) mass is 1040 g/mol. The second-order valence-electron chi connectivity index (χ2n) is 20.2. The highest BCUT2D eigenvalue weighted by atomic mass is 16.6. The smallest absolute Gasteiger partial charge is 0.306 e. The first kappa shape index (κ1) is 70.8. The van der Waals surface area contributed by atoms with Crippen LogP contribution < -0.4 is 0 Å². The SMILES string of the molecule is CC/C=C\C/C=C\C/C=C\C/C=C\C/C=C\CCCCCC(=O)OC(COC(=O)CCCCCCCCC/C=C\CCCCCCCC)COC(=O)CCCCCCCCCC/C=C\C/C=C\C/C=C\C/C=C\CC. The topological polar surface area (TPSA) is 78.9 Å². The van der Waals surface area contributed by atoms with Crippen molar-refractivity contribution in [3.8, 4) is 0 Å². The van der Waals surface area contributed by atoms with E-state index in [2.05, 4.69) is 142 Å². The van der Waals surface area contributed by atoms with E-state index in [0.29, 0.717) is 12.8 Å². The van der Waals surface area contributed by atoms with Crippen molar-refractivity contribution in [2.24, 2.45) is 0 Å². The van der Waals surface area contributed by atoms with Crippen LogP contribution in [0.2, 0.25) is 0 Å². The summed E-state index contributed by atoms with van der Waals surface area (Å²) >= 11 is 0. The molecule has 0 N–H and O–H groups in total.